The Hall–Kier alpha value is -2.60. The van der Waals surface area contributed by atoms with Gasteiger partial charge in [-0.15, -0.1) is 0 Å². The Labute approximate surface area is 147 Å². The van der Waals surface area contributed by atoms with Crippen LogP contribution >= 0.6 is 0 Å². The van der Waals surface area contributed by atoms with Crippen LogP contribution in [0.4, 0.5) is 5.69 Å². The van der Waals surface area contributed by atoms with Crippen LogP contribution in [0, 0.1) is 6.92 Å². The number of nitrogens with one attached hydrogen (secondary N) is 1. The number of nitrogens with zero attached hydrogens (tertiary/aromatic N) is 1. The number of benzene rings is 1. The van der Waals surface area contributed by atoms with Gasteiger partial charge in [-0.3, -0.25) is 9.78 Å². The number of rotatable bonds is 6. The first-order valence-electron chi connectivity index (χ1n) is 8.01. The molecule has 1 aromatic carbocycles. The third-order valence-corrected chi connectivity index (χ3v) is 4.37. The maximum absolute atomic E-state index is 11.9. The zero-order valence-corrected chi connectivity index (χ0v) is 15.0. The average Bonchev–Trinajstić information content (AvgIpc) is 2.62. The van der Waals surface area contributed by atoms with Crippen molar-refractivity contribution < 1.29 is 19.7 Å². The number of methoxy groups -OCH3 is 1. The SMILES string of the molecule is COC(=O)C(C)(C)c1ccc(NCc2c(CO)cnc(C)c2O)cc1. The molecule has 0 radical (unpaired) electrons. The molecule has 0 aliphatic rings. The summed E-state index contributed by atoms with van der Waals surface area (Å²) in [5, 5.41) is 22.8. The van der Waals surface area contributed by atoms with Gasteiger partial charge in [-0.25, -0.2) is 0 Å². The van der Waals surface area contributed by atoms with E-state index in [1.54, 1.807) is 13.1 Å². The van der Waals surface area contributed by atoms with Gasteiger partial charge in [0.05, 0.1) is 24.8 Å². The molecular formula is C19H24N2O4. The minimum atomic E-state index is -0.724. The van der Waals surface area contributed by atoms with Gasteiger partial charge in [-0.05, 0) is 38.5 Å². The van der Waals surface area contributed by atoms with Gasteiger partial charge in [0.15, 0.2) is 0 Å². The zero-order valence-electron chi connectivity index (χ0n) is 15.0. The van der Waals surface area contributed by atoms with Gasteiger partial charge in [0.1, 0.15) is 5.75 Å². The Bertz CT molecular complexity index is 755. The number of aromatic hydroxyl groups is 1. The maximum atomic E-state index is 11.9. The van der Waals surface area contributed by atoms with Crippen LogP contribution in [0.5, 0.6) is 5.75 Å². The van der Waals surface area contributed by atoms with Gasteiger partial charge in [0, 0.05) is 29.6 Å². The van der Waals surface area contributed by atoms with E-state index in [4.69, 9.17) is 4.74 Å². The summed E-state index contributed by atoms with van der Waals surface area (Å²) < 4.78 is 4.84. The molecule has 1 aromatic heterocycles. The van der Waals surface area contributed by atoms with Gasteiger partial charge in [-0.1, -0.05) is 12.1 Å². The lowest BCUT2D eigenvalue weighted by Crippen LogP contribution is -2.30. The summed E-state index contributed by atoms with van der Waals surface area (Å²) in [4.78, 5) is 15.9. The Kier molecular flexibility index (Phi) is 5.64. The summed E-state index contributed by atoms with van der Waals surface area (Å²) in [7, 11) is 1.38. The van der Waals surface area contributed by atoms with Crippen molar-refractivity contribution in [2.75, 3.05) is 12.4 Å². The lowest BCUT2D eigenvalue weighted by Gasteiger charge is -2.22. The van der Waals surface area contributed by atoms with E-state index < -0.39 is 5.41 Å². The first-order chi connectivity index (χ1) is 11.8. The fourth-order valence-corrected chi connectivity index (χ4v) is 2.59. The molecule has 0 saturated heterocycles. The van der Waals surface area contributed by atoms with Crippen LogP contribution in [-0.2, 0) is 28.1 Å². The fourth-order valence-electron chi connectivity index (χ4n) is 2.59. The summed E-state index contributed by atoms with van der Waals surface area (Å²) >= 11 is 0. The topological polar surface area (TPSA) is 91.7 Å². The van der Waals surface area contributed by atoms with Crippen molar-refractivity contribution in [2.24, 2.45) is 0 Å². The number of hydrogen-bond acceptors (Lipinski definition) is 6. The second-order valence-corrected chi connectivity index (χ2v) is 6.40. The Balaban J connectivity index is 2.16. The van der Waals surface area contributed by atoms with Crippen LogP contribution in [0.1, 0.15) is 36.2 Å². The van der Waals surface area contributed by atoms with Gasteiger partial charge in [0.25, 0.3) is 0 Å². The maximum Gasteiger partial charge on any atom is 0.315 e. The van der Waals surface area contributed by atoms with Crippen molar-refractivity contribution in [3.63, 3.8) is 0 Å². The van der Waals surface area contributed by atoms with E-state index in [1.165, 1.54) is 7.11 Å². The molecule has 2 rings (SSSR count). The van der Waals surface area contributed by atoms with Crippen molar-refractivity contribution in [3.8, 4) is 5.75 Å². The number of carbonyl (C=O) groups excluding carboxylic acids is 1. The molecule has 0 aliphatic heterocycles. The first-order valence-corrected chi connectivity index (χ1v) is 8.01. The summed E-state index contributed by atoms with van der Waals surface area (Å²) in [5.74, 6) is -0.208. The van der Waals surface area contributed by atoms with Crippen molar-refractivity contribution in [1.82, 2.24) is 4.98 Å². The molecule has 0 spiro atoms. The second kappa shape index (κ2) is 7.53. The molecule has 0 aliphatic carbocycles. The van der Waals surface area contributed by atoms with Gasteiger partial charge < -0.3 is 20.3 Å². The average molecular weight is 344 g/mol. The molecule has 3 N–H and O–H groups in total. The predicted octanol–water partition coefficient (Wildman–Crippen LogP) is 2.65. The number of hydrogen-bond donors (Lipinski definition) is 3. The molecule has 0 bridgehead atoms. The number of aliphatic hydroxyl groups excluding tert-OH is 1. The molecule has 0 saturated carbocycles. The second-order valence-electron chi connectivity index (χ2n) is 6.40. The van der Waals surface area contributed by atoms with Crippen LogP contribution in [0.2, 0.25) is 0 Å². The van der Waals surface area contributed by atoms with Crippen LogP contribution in [-0.4, -0.2) is 28.3 Å². The van der Waals surface area contributed by atoms with E-state index in [0.717, 1.165) is 11.3 Å². The Morgan fingerprint density at radius 3 is 2.48 bits per heavy atom. The molecular weight excluding hydrogens is 320 g/mol. The van der Waals surface area contributed by atoms with E-state index >= 15 is 0 Å². The molecule has 0 fully saturated rings. The van der Waals surface area contributed by atoms with Crippen LogP contribution in [0.3, 0.4) is 0 Å². The predicted molar refractivity (Wildman–Crippen MR) is 95.4 cm³/mol. The van der Waals surface area contributed by atoms with Crippen molar-refractivity contribution in [3.05, 3.63) is 52.8 Å². The highest BCUT2D eigenvalue weighted by Crippen LogP contribution is 2.27. The number of carbonyl (C=O) groups is 1. The zero-order chi connectivity index (χ0) is 18.6. The quantitative estimate of drug-likeness (QED) is 0.698. The van der Waals surface area contributed by atoms with E-state index in [9.17, 15) is 15.0 Å². The highest BCUT2D eigenvalue weighted by molar-refractivity contribution is 5.82. The minimum absolute atomic E-state index is 0.0856. The van der Waals surface area contributed by atoms with E-state index in [1.807, 2.05) is 38.1 Å². The molecule has 2 aromatic rings. The standard InChI is InChI=1S/C19H24N2O4/c1-12-17(23)16(13(11-22)9-20-12)10-21-15-7-5-14(6-8-15)19(2,3)18(24)25-4/h5-9,21-23H,10-11H2,1-4H3. The number of aromatic nitrogens is 1. The highest BCUT2D eigenvalue weighted by Gasteiger charge is 2.30. The molecule has 6 nitrogen and oxygen atoms in total. The van der Waals surface area contributed by atoms with Gasteiger partial charge in [-0.2, -0.15) is 0 Å². The molecule has 25 heavy (non-hydrogen) atoms. The minimum Gasteiger partial charge on any atom is -0.506 e. The summed E-state index contributed by atoms with van der Waals surface area (Å²) in [6, 6.07) is 7.46. The Morgan fingerprint density at radius 1 is 1.28 bits per heavy atom. The third-order valence-electron chi connectivity index (χ3n) is 4.37. The fraction of sp³-hybridized carbons (Fsp3) is 0.368. The van der Waals surface area contributed by atoms with E-state index in [-0.39, 0.29) is 18.3 Å². The number of aliphatic hydroxyl groups is 1. The lowest BCUT2D eigenvalue weighted by molar-refractivity contribution is -0.146. The van der Waals surface area contributed by atoms with Crippen LogP contribution < -0.4 is 5.32 Å². The largest absolute Gasteiger partial charge is 0.506 e. The smallest absolute Gasteiger partial charge is 0.315 e. The number of pyridine rings is 1. The monoisotopic (exact) mass is 344 g/mol. The number of anilines is 1. The third kappa shape index (κ3) is 3.91. The molecule has 0 atom stereocenters. The molecule has 134 valence electrons. The van der Waals surface area contributed by atoms with Gasteiger partial charge >= 0.3 is 5.97 Å². The summed E-state index contributed by atoms with van der Waals surface area (Å²) in [5.41, 5.74) is 2.68. The first kappa shape index (κ1) is 18.7. The molecule has 6 heteroatoms. The van der Waals surface area contributed by atoms with Crippen molar-refractivity contribution in [2.45, 2.75) is 39.3 Å². The van der Waals surface area contributed by atoms with Crippen LogP contribution in [0.15, 0.2) is 30.5 Å². The lowest BCUT2D eigenvalue weighted by atomic mass is 9.85. The van der Waals surface area contributed by atoms with Crippen molar-refractivity contribution in [1.29, 1.82) is 0 Å². The summed E-state index contributed by atoms with van der Waals surface area (Å²) in [6.07, 6.45) is 1.56. The van der Waals surface area contributed by atoms with E-state index in [0.29, 0.717) is 23.4 Å². The summed E-state index contributed by atoms with van der Waals surface area (Å²) in [6.45, 7) is 5.50. The van der Waals surface area contributed by atoms with Gasteiger partial charge in [0.2, 0.25) is 0 Å². The number of aryl methyl sites for hydroxylation is 1. The molecule has 0 unspecified atom stereocenters. The normalized spacial score (nSPS) is 11.2. The Morgan fingerprint density at radius 2 is 1.92 bits per heavy atom. The molecule has 0 amide bonds. The number of ether oxygens (including phenoxy) is 1. The van der Waals surface area contributed by atoms with Crippen molar-refractivity contribution >= 4 is 11.7 Å². The molecule has 1 heterocycles. The highest BCUT2D eigenvalue weighted by atomic mass is 16.5. The van der Waals surface area contributed by atoms with Crippen LogP contribution in [0.25, 0.3) is 0 Å². The number of esters is 1. The van der Waals surface area contributed by atoms with E-state index in [2.05, 4.69) is 10.3 Å².